The first-order valence-electron chi connectivity index (χ1n) is 7.98. The largest absolute Gasteiger partial charge is 0.474 e. The number of carbonyl (C=O) groups is 1. The van der Waals surface area contributed by atoms with E-state index in [2.05, 4.69) is 4.98 Å². The van der Waals surface area contributed by atoms with Gasteiger partial charge in [-0.15, -0.1) is 0 Å². The third-order valence-corrected chi connectivity index (χ3v) is 4.65. The van der Waals surface area contributed by atoms with Crippen LogP contribution in [0.3, 0.4) is 0 Å². The zero-order valence-electron chi connectivity index (χ0n) is 12.9. The number of nitrogens with two attached hydrogens (primary N) is 1. The molecule has 0 radical (unpaired) electrons. The van der Waals surface area contributed by atoms with Gasteiger partial charge in [0.15, 0.2) is 0 Å². The zero-order valence-corrected chi connectivity index (χ0v) is 12.9. The molecule has 0 bridgehead atoms. The third kappa shape index (κ3) is 2.62. The number of amides is 1. The van der Waals surface area contributed by atoms with Crippen molar-refractivity contribution in [2.24, 2.45) is 11.7 Å². The summed E-state index contributed by atoms with van der Waals surface area (Å²) in [6.07, 6.45) is 3.85. The maximum absolute atomic E-state index is 14.2. The molecule has 0 saturated heterocycles. The lowest BCUT2D eigenvalue weighted by molar-refractivity contribution is 0.0990. The molecule has 1 aromatic carbocycles. The summed E-state index contributed by atoms with van der Waals surface area (Å²) in [5.74, 6) is -1.18. The molecule has 2 aliphatic rings. The van der Waals surface area contributed by atoms with Crippen molar-refractivity contribution in [1.82, 2.24) is 4.98 Å². The second-order valence-electron chi connectivity index (χ2n) is 6.36. The van der Waals surface area contributed by atoms with Gasteiger partial charge in [-0.25, -0.2) is 13.8 Å². The number of hydrogen-bond donors (Lipinski definition) is 1. The number of ether oxygens (including phenoxy) is 1. The standard InChI is InChI=1S/C18H16F2N2O2/c19-10-3-4-11(14(20)7-10)13-8-15(17(21)23)22-18-12(13)5-6-16(24-18)9-1-2-9/h3-4,7-9,16H,1-2,5-6H2,(H2,21,23)/t16-/m1/s1. The summed E-state index contributed by atoms with van der Waals surface area (Å²) in [4.78, 5) is 15.8. The van der Waals surface area contributed by atoms with Gasteiger partial charge in [-0.2, -0.15) is 0 Å². The number of hydrogen-bond acceptors (Lipinski definition) is 3. The van der Waals surface area contributed by atoms with Gasteiger partial charge in [-0.1, -0.05) is 0 Å². The highest BCUT2D eigenvalue weighted by Gasteiger charge is 2.36. The van der Waals surface area contributed by atoms with Gasteiger partial charge in [-0.3, -0.25) is 4.79 Å². The lowest BCUT2D eigenvalue weighted by atomic mass is 9.93. The van der Waals surface area contributed by atoms with Gasteiger partial charge in [-0.05, 0) is 55.4 Å². The molecule has 124 valence electrons. The van der Waals surface area contributed by atoms with Crippen LogP contribution in [0.25, 0.3) is 11.1 Å². The van der Waals surface area contributed by atoms with E-state index in [4.69, 9.17) is 10.5 Å². The van der Waals surface area contributed by atoms with Crippen LogP contribution in [-0.4, -0.2) is 17.0 Å². The van der Waals surface area contributed by atoms with E-state index in [-0.39, 0.29) is 17.4 Å². The summed E-state index contributed by atoms with van der Waals surface area (Å²) < 4.78 is 33.4. The van der Waals surface area contributed by atoms with Crippen LogP contribution < -0.4 is 10.5 Å². The Bertz CT molecular complexity index is 834. The molecule has 4 nitrogen and oxygen atoms in total. The van der Waals surface area contributed by atoms with E-state index in [9.17, 15) is 13.6 Å². The third-order valence-electron chi connectivity index (χ3n) is 4.65. The van der Waals surface area contributed by atoms with Crippen LogP contribution in [0, 0.1) is 17.6 Å². The van der Waals surface area contributed by atoms with Crippen LogP contribution in [0.15, 0.2) is 24.3 Å². The topological polar surface area (TPSA) is 65.2 Å². The molecule has 1 amide bonds. The summed E-state index contributed by atoms with van der Waals surface area (Å²) >= 11 is 0. The van der Waals surface area contributed by atoms with Gasteiger partial charge in [0.1, 0.15) is 23.4 Å². The number of aromatic nitrogens is 1. The minimum atomic E-state index is -0.710. The average molecular weight is 330 g/mol. The Morgan fingerprint density at radius 3 is 2.62 bits per heavy atom. The van der Waals surface area contributed by atoms with E-state index < -0.39 is 17.5 Å². The normalized spacial score (nSPS) is 19.5. The van der Waals surface area contributed by atoms with Crippen LogP contribution in [-0.2, 0) is 6.42 Å². The summed E-state index contributed by atoms with van der Waals surface area (Å²) in [7, 11) is 0. The minimum Gasteiger partial charge on any atom is -0.474 e. The number of primary amides is 1. The predicted molar refractivity (Wildman–Crippen MR) is 83.6 cm³/mol. The lowest BCUT2D eigenvalue weighted by Crippen LogP contribution is -2.27. The molecule has 2 heterocycles. The monoisotopic (exact) mass is 330 g/mol. The minimum absolute atomic E-state index is 0.0175. The van der Waals surface area contributed by atoms with Gasteiger partial charge in [0.25, 0.3) is 5.91 Å². The summed E-state index contributed by atoms with van der Waals surface area (Å²) in [5, 5.41) is 0. The molecule has 6 heteroatoms. The highest BCUT2D eigenvalue weighted by atomic mass is 19.1. The van der Waals surface area contributed by atoms with E-state index in [0.29, 0.717) is 23.8 Å². The number of benzene rings is 1. The van der Waals surface area contributed by atoms with Crippen LogP contribution in [0.1, 0.15) is 35.3 Å². The fourth-order valence-corrected chi connectivity index (χ4v) is 3.25. The maximum atomic E-state index is 14.2. The first-order chi connectivity index (χ1) is 11.5. The Balaban J connectivity index is 1.85. The predicted octanol–water partition coefficient (Wildman–Crippen LogP) is 3.23. The highest BCUT2D eigenvalue weighted by Crippen LogP contribution is 2.42. The fourth-order valence-electron chi connectivity index (χ4n) is 3.25. The van der Waals surface area contributed by atoms with Crippen molar-refractivity contribution in [3.05, 3.63) is 47.2 Å². The Kier molecular flexibility index (Phi) is 3.48. The Morgan fingerprint density at radius 1 is 1.17 bits per heavy atom. The number of fused-ring (bicyclic) bond motifs is 1. The van der Waals surface area contributed by atoms with E-state index >= 15 is 0 Å². The molecule has 1 aliphatic heterocycles. The molecule has 1 aromatic heterocycles. The quantitative estimate of drug-likeness (QED) is 0.940. The first kappa shape index (κ1) is 15.1. The smallest absolute Gasteiger partial charge is 0.267 e. The molecular weight excluding hydrogens is 314 g/mol. The second kappa shape index (κ2) is 5.54. The van der Waals surface area contributed by atoms with Gasteiger partial charge >= 0.3 is 0 Å². The van der Waals surface area contributed by atoms with Crippen LogP contribution >= 0.6 is 0 Å². The molecule has 2 N–H and O–H groups in total. The first-order valence-corrected chi connectivity index (χ1v) is 7.98. The van der Waals surface area contributed by atoms with Crippen LogP contribution in [0.4, 0.5) is 8.78 Å². The maximum Gasteiger partial charge on any atom is 0.267 e. The Hall–Kier alpha value is -2.50. The Labute approximate surface area is 137 Å². The molecule has 1 atom stereocenters. The summed E-state index contributed by atoms with van der Waals surface area (Å²) in [5.41, 5.74) is 6.81. The number of carbonyl (C=O) groups excluding carboxylic acids is 1. The average Bonchev–Trinajstić information content (AvgIpc) is 3.38. The van der Waals surface area contributed by atoms with Gasteiger partial charge < -0.3 is 10.5 Å². The van der Waals surface area contributed by atoms with E-state index in [1.54, 1.807) is 0 Å². The fraction of sp³-hybridized carbons (Fsp3) is 0.333. The van der Waals surface area contributed by atoms with Gasteiger partial charge in [0, 0.05) is 17.2 Å². The number of nitrogens with zero attached hydrogens (tertiary/aromatic N) is 1. The summed E-state index contributed by atoms with van der Waals surface area (Å²) in [6, 6.07) is 4.82. The van der Waals surface area contributed by atoms with Gasteiger partial charge in [0.2, 0.25) is 5.88 Å². The van der Waals surface area contributed by atoms with E-state index in [0.717, 1.165) is 30.9 Å². The highest BCUT2D eigenvalue weighted by molar-refractivity contribution is 5.93. The number of pyridine rings is 1. The Morgan fingerprint density at radius 2 is 1.96 bits per heavy atom. The van der Waals surface area contributed by atoms with Gasteiger partial charge in [0.05, 0.1) is 0 Å². The van der Waals surface area contributed by atoms with Crippen LogP contribution in [0.2, 0.25) is 0 Å². The molecule has 0 spiro atoms. The molecule has 4 rings (SSSR count). The van der Waals surface area contributed by atoms with Crippen molar-refractivity contribution in [2.75, 3.05) is 0 Å². The second-order valence-corrected chi connectivity index (χ2v) is 6.36. The van der Waals surface area contributed by atoms with Crippen molar-refractivity contribution in [3.8, 4) is 17.0 Å². The van der Waals surface area contributed by atoms with Crippen molar-refractivity contribution in [3.63, 3.8) is 0 Å². The van der Waals surface area contributed by atoms with Crippen molar-refractivity contribution >= 4 is 5.91 Å². The molecular formula is C18H16F2N2O2. The molecule has 24 heavy (non-hydrogen) atoms. The lowest BCUT2D eigenvalue weighted by Gasteiger charge is -2.27. The zero-order chi connectivity index (χ0) is 16.8. The number of rotatable bonds is 3. The van der Waals surface area contributed by atoms with Crippen molar-refractivity contribution in [2.45, 2.75) is 31.8 Å². The van der Waals surface area contributed by atoms with Crippen molar-refractivity contribution < 1.29 is 18.3 Å². The SMILES string of the molecule is NC(=O)c1cc(-c2ccc(F)cc2F)c2c(n1)O[C@@H](C1CC1)CC2. The number of halogens is 2. The molecule has 2 aromatic rings. The molecule has 0 unspecified atom stereocenters. The van der Waals surface area contributed by atoms with Crippen molar-refractivity contribution in [1.29, 1.82) is 0 Å². The molecule has 1 saturated carbocycles. The van der Waals surface area contributed by atoms with E-state index in [1.807, 2.05) is 0 Å². The molecule has 1 aliphatic carbocycles. The van der Waals surface area contributed by atoms with Crippen LogP contribution in [0.5, 0.6) is 5.88 Å². The molecule has 1 fully saturated rings. The van der Waals surface area contributed by atoms with E-state index in [1.165, 1.54) is 18.2 Å². The summed E-state index contributed by atoms with van der Waals surface area (Å²) in [6.45, 7) is 0.